The van der Waals surface area contributed by atoms with Crippen LogP contribution in [-0.4, -0.2) is 18.7 Å². The van der Waals surface area contributed by atoms with Gasteiger partial charge in [0, 0.05) is 12.1 Å². The Hall–Kier alpha value is -1.97. The second-order valence-electron chi connectivity index (χ2n) is 7.08. The van der Waals surface area contributed by atoms with Crippen molar-refractivity contribution < 1.29 is 14.3 Å². The Kier molecular flexibility index (Phi) is 3.76. The Morgan fingerprint density at radius 2 is 2.13 bits per heavy atom. The van der Waals surface area contributed by atoms with Crippen molar-refractivity contribution in [3.63, 3.8) is 0 Å². The van der Waals surface area contributed by atoms with Crippen LogP contribution in [-0.2, 0) is 4.79 Å². The fourth-order valence-corrected chi connectivity index (χ4v) is 4.47. The fraction of sp³-hybridized carbons (Fsp3) is 0.526. The third-order valence-electron chi connectivity index (χ3n) is 5.63. The summed E-state index contributed by atoms with van der Waals surface area (Å²) in [6, 6.07) is 5.96. The van der Waals surface area contributed by atoms with Crippen LogP contribution in [0.5, 0.6) is 11.5 Å². The van der Waals surface area contributed by atoms with Gasteiger partial charge in [-0.3, -0.25) is 4.79 Å². The first-order valence-electron chi connectivity index (χ1n) is 8.57. The number of nitrogens with one attached hydrogen (secondary N) is 1. The van der Waals surface area contributed by atoms with Gasteiger partial charge in [-0.1, -0.05) is 12.5 Å². The molecule has 0 aromatic heterocycles. The van der Waals surface area contributed by atoms with Crippen molar-refractivity contribution in [2.75, 3.05) is 6.79 Å². The van der Waals surface area contributed by atoms with Crippen LogP contribution in [0.3, 0.4) is 0 Å². The fourth-order valence-electron chi connectivity index (χ4n) is 4.47. The minimum absolute atomic E-state index is 0.0158. The van der Waals surface area contributed by atoms with Gasteiger partial charge in [-0.2, -0.15) is 0 Å². The first-order valence-corrected chi connectivity index (χ1v) is 8.57. The number of carbonyl (C=O) groups is 1. The molecule has 1 amide bonds. The largest absolute Gasteiger partial charge is 0.454 e. The molecule has 0 unspecified atom stereocenters. The zero-order valence-electron chi connectivity index (χ0n) is 13.5. The number of carbonyl (C=O) groups excluding carboxylic acids is 1. The summed E-state index contributed by atoms with van der Waals surface area (Å²) in [6.45, 7) is 2.42. The molecule has 23 heavy (non-hydrogen) atoms. The molecule has 4 nitrogen and oxygen atoms in total. The molecular formula is C19H23NO3. The van der Waals surface area contributed by atoms with Crippen LogP contribution >= 0.6 is 0 Å². The molecule has 122 valence electrons. The lowest BCUT2D eigenvalue weighted by Crippen LogP contribution is -2.39. The van der Waals surface area contributed by atoms with Crippen molar-refractivity contribution in [3.8, 4) is 11.5 Å². The van der Waals surface area contributed by atoms with Gasteiger partial charge in [0.2, 0.25) is 12.7 Å². The molecule has 2 fully saturated rings. The van der Waals surface area contributed by atoms with Crippen molar-refractivity contribution in [1.82, 2.24) is 5.32 Å². The summed E-state index contributed by atoms with van der Waals surface area (Å²) in [5.41, 5.74) is 0.942. The van der Waals surface area contributed by atoms with Crippen LogP contribution in [0.2, 0.25) is 0 Å². The van der Waals surface area contributed by atoms with E-state index in [9.17, 15) is 4.79 Å². The smallest absolute Gasteiger partial charge is 0.244 e. The highest BCUT2D eigenvalue weighted by atomic mass is 16.7. The van der Waals surface area contributed by atoms with E-state index in [4.69, 9.17) is 9.47 Å². The standard InChI is InChI=1S/C19H23NO3/c1-12(16-9-14-2-5-15(16)8-14)20-19(21)7-4-13-3-6-17-18(10-13)23-11-22-17/h3-4,6-7,10,12,14-16H,2,5,8-9,11H2,1H3,(H,20,21)/b7-4-/t12-,14-,15-,16+/m0/s1. The van der Waals surface area contributed by atoms with Crippen LogP contribution < -0.4 is 14.8 Å². The summed E-state index contributed by atoms with van der Waals surface area (Å²) in [5.74, 6) is 3.88. The quantitative estimate of drug-likeness (QED) is 0.867. The van der Waals surface area contributed by atoms with Crippen LogP contribution in [0.25, 0.3) is 6.08 Å². The molecule has 1 aliphatic heterocycles. The molecule has 1 heterocycles. The first kappa shape index (κ1) is 14.6. The predicted molar refractivity (Wildman–Crippen MR) is 88.1 cm³/mol. The van der Waals surface area contributed by atoms with E-state index in [2.05, 4.69) is 12.2 Å². The van der Waals surface area contributed by atoms with Gasteiger partial charge in [0.05, 0.1) is 0 Å². The zero-order valence-corrected chi connectivity index (χ0v) is 13.5. The molecular weight excluding hydrogens is 290 g/mol. The molecule has 0 radical (unpaired) electrons. The minimum atomic E-state index is -0.0158. The number of ether oxygens (including phenoxy) is 2. The maximum absolute atomic E-state index is 12.2. The third kappa shape index (κ3) is 2.94. The second kappa shape index (κ2) is 5.91. The van der Waals surface area contributed by atoms with Crippen molar-refractivity contribution >= 4 is 12.0 Å². The van der Waals surface area contributed by atoms with Gasteiger partial charge in [-0.15, -0.1) is 0 Å². The number of fused-ring (bicyclic) bond motifs is 3. The molecule has 1 aromatic rings. The lowest BCUT2D eigenvalue weighted by atomic mass is 9.84. The monoisotopic (exact) mass is 313 g/mol. The highest BCUT2D eigenvalue weighted by Gasteiger charge is 2.41. The van der Waals surface area contributed by atoms with Gasteiger partial charge in [0.15, 0.2) is 11.5 Å². The van der Waals surface area contributed by atoms with E-state index in [-0.39, 0.29) is 18.7 Å². The lowest BCUT2D eigenvalue weighted by Gasteiger charge is -2.28. The summed E-state index contributed by atoms with van der Waals surface area (Å²) < 4.78 is 10.6. The summed E-state index contributed by atoms with van der Waals surface area (Å²) in [5, 5.41) is 3.15. The van der Waals surface area contributed by atoms with Gasteiger partial charge >= 0.3 is 0 Å². The van der Waals surface area contributed by atoms with E-state index in [1.165, 1.54) is 25.7 Å². The molecule has 2 aliphatic carbocycles. The van der Waals surface area contributed by atoms with Gasteiger partial charge < -0.3 is 14.8 Å². The Morgan fingerprint density at radius 1 is 1.26 bits per heavy atom. The van der Waals surface area contributed by atoms with Crippen LogP contribution in [0, 0.1) is 17.8 Å². The van der Waals surface area contributed by atoms with Crippen LogP contribution in [0.4, 0.5) is 0 Å². The Morgan fingerprint density at radius 3 is 2.91 bits per heavy atom. The Labute approximate surface area is 136 Å². The summed E-state index contributed by atoms with van der Waals surface area (Å²) in [4.78, 5) is 12.2. The van der Waals surface area contributed by atoms with Crippen molar-refractivity contribution in [2.45, 2.75) is 38.6 Å². The summed E-state index contributed by atoms with van der Waals surface area (Å²) in [7, 11) is 0. The van der Waals surface area contributed by atoms with E-state index in [1.807, 2.05) is 24.3 Å². The number of rotatable bonds is 4. The molecule has 1 N–H and O–H groups in total. The van der Waals surface area contributed by atoms with E-state index in [0.29, 0.717) is 5.92 Å². The molecule has 2 bridgehead atoms. The molecule has 4 heteroatoms. The zero-order chi connectivity index (χ0) is 15.8. The maximum Gasteiger partial charge on any atom is 0.244 e. The van der Waals surface area contributed by atoms with E-state index in [0.717, 1.165) is 28.9 Å². The average molecular weight is 313 g/mol. The lowest BCUT2D eigenvalue weighted by molar-refractivity contribution is -0.117. The van der Waals surface area contributed by atoms with Crippen LogP contribution in [0.1, 0.15) is 38.2 Å². The Bertz CT molecular complexity index is 640. The number of hydrogen-bond acceptors (Lipinski definition) is 3. The van der Waals surface area contributed by atoms with Gasteiger partial charge in [0.1, 0.15) is 0 Å². The molecule has 0 saturated heterocycles. The minimum Gasteiger partial charge on any atom is -0.454 e. The number of hydrogen-bond donors (Lipinski definition) is 1. The molecule has 1 aromatic carbocycles. The normalized spacial score (nSPS) is 29.2. The number of benzene rings is 1. The second-order valence-corrected chi connectivity index (χ2v) is 7.08. The molecule has 4 rings (SSSR count). The highest BCUT2D eigenvalue weighted by Crippen LogP contribution is 2.49. The van der Waals surface area contributed by atoms with E-state index < -0.39 is 0 Å². The third-order valence-corrected chi connectivity index (χ3v) is 5.63. The summed E-state index contributed by atoms with van der Waals surface area (Å²) in [6.07, 6.45) is 8.84. The van der Waals surface area contributed by atoms with Crippen molar-refractivity contribution in [1.29, 1.82) is 0 Å². The molecule has 0 spiro atoms. The van der Waals surface area contributed by atoms with Gasteiger partial charge in [-0.05, 0) is 67.7 Å². The highest BCUT2D eigenvalue weighted by molar-refractivity contribution is 5.92. The van der Waals surface area contributed by atoms with E-state index >= 15 is 0 Å². The maximum atomic E-state index is 12.2. The summed E-state index contributed by atoms with van der Waals surface area (Å²) >= 11 is 0. The molecule has 4 atom stereocenters. The van der Waals surface area contributed by atoms with Crippen LogP contribution in [0.15, 0.2) is 24.3 Å². The first-order chi connectivity index (χ1) is 11.2. The Balaban J connectivity index is 1.34. The van der Waals surface area contributed by atoms with Crippen molar-refractivity contribution in [3.05, 3.63) is 29.8 Å². The topological polar surface area (TPSA) is 47.6 Å². The average Bonchev–Trinajstić information content (AvgIpc) is 3.28. The van der Waals surface area contributed by atoms with Gasteiger partial charge in [0.25, 0.3) is 0 Å². The molecule has 3 aliphatic rings. The predicted octanol–water partition coefficient (Wildman–Crippen LogP) is 3.37. The van der Waals surface area contributed by atoms with E-state index in [1.54, 1.807) is 6.08 Å². The van der Waals surface area contributed by atoms with Gasteiger partial charge in [-0.25, -0.2) is 0 Å². The SMILES string of the molecule is C[C@H](NC(=O)/C=C\c1ccc2c(c1)OCO2)[C@H]1C[C@H]2CC[C@H]1C2. The van der Waals surface area contributed by atoms with Crippen molar-refractivity contribution in [2.24, 2.45) is 17.8 Å². The number of amides is 1. The molecule has 2 saturated carbocycles.